The molecule has 0 bridgehead atoms. The fourth-order valence-electron chi connectivity index (χ4n) is 2.67. The van der Waals surface area contributed by atoms with E-state index in [1.54, 1.807) is 11.3 Å². The molecule has 20 heavy (non-hydrogen) atoms. The normalized spacial score (nSPS) is 17.9. The van der Waals surface area contributed by atoms with E-state index in [1.807, 2.05) is 25.1 Å². The Morgan fingerprint density at radius 2 is 2.25 bits per heavy atom. The van der Waals surface area contributed by atoms with Gasteiger partial charge in [-0.15, -0.1) is 11.3 Å². The number of rotatable bonds is 3. The molecule has 1 aromatic heterocycles. The second-order valence-electron chi connectivity index (χ2n) is 5.27. The van der Waals surface area contributed by atoms with Gasteiger partial charge in [0.2, 0.25) is 0 Å². The smallest absolute Gasteiger partial charge is 0.140 e. The molecule has 1 aliphatic carbocycles. The van der Waals surface area contributed by atoms with E-state index in [4.69, 9.17) is 4.74 Å². The Morgan fingerprint density at radius 1 is 1.40 bits per heavy atom. The van der Waals surface area contributed by atoms with Crippen LogP contribution in [0.15, 0.2) is 18.2 Å². The average Bonchev–Trinajstić information content (AvgIpc) is 2.76. The molecule has 4 heteroatoms. The first-order valence-corrected chi connectivity index (χ1v) is 7.82. The molecule has 3 nitrogen and oxygen atoms in total. The Labute approximate surface area is 123 Å². The lowest BCUT2D eigenvalue weighted by molar-refractivity contribution is 0.155. The minimum atomic E-state index is -0.341. The van der Waals surface area contributed by atoms with Crippen molar-refractivity contribution in [3.63, 3.8) is 0 Å². The summed E-state index contributed by atoms with van der Waals surface area (Å²) in [4.78, 5) is 5.74. The Hall–Kier alpha value is -1.39. The van der Waals surface area contributed by atoms with E-state index in [0.29, 0.717) is 6.61 Å². The predicted molar refractivity (Wildman–Crippen MR) is 80.3 cm³/mol. The molecule has 3 rings (SSSR count). The molecule has 106 valence electrons. The lowest BCUT2D eigenvalue weighted by atomic mass is 9.89. The van der Waals surface area contributed by atoms with Crippen molar-refractivity contribution in [2.24, 2.45) is 0 Å². The summed E-state index contributed by atoms with van der Waals surface area (Å²) in [5.41, 5.74) is 3.27. The first-order chi connectivity index (χ1) is 9.65. The van der Waals surface area contributed by atoms with Crippen LogP contribution < -0.4 is 4.74 Å². The minimum Gasteiger partial charge on any atom is -0.486 e. The molecule has 1 N–H and O–H groups in total. The van der Waals surface area contributed by atoms with Crippen molar-refractivity contribution in [1.82, 2.24) is 4.98 Å². The van der Waals surface area contributed by atoms with E-state index >= 15 is 0 Å². The summed E-state index contributed by atoms with van der Waals surface area (Å²) in [5, 5.41) is 11.1. The first kappa shape index (κ1) is 13.6. The lowest BCUT2D eigenvalue weighted by Crippen LogP contribution is -2.11. The number of aromatic nitrogens is 1. The van der Waals surface area contributed by atoms with Crippen molar-refractivity contribution >= 4 is 11.3 Å². The summed E-state index contributed by atoms with van der Waals surface area (Å²) in [5.74, 6) is 0.895. The number of fused-ring (bicyclic) bond motifs is 1. The second-order valence-corrected chi connectivity index (χ2v) is 6.56. The maximum atomic E-state index is 10.0. The number of benzene rings is 1. The summed E-state index contributed by atoms with van der Waals surface area (Å²) in [7, 11) is 0. The van der Waals surface area contributed by atoms with Crippen LogP contribution in [0.3, 0.4) is 0 Å². The summed E-state index contributed by atoms with van der Waals surface area (Å²) in [6.07, 6.45) is 2.51. The van der Waals surface area contributed by atoms with Crippen LogP contribution in [-0.2, 0) is 13.0 Å². The molecular weight excluding hydrogens is 270 g/mol. The molecule has 0 fully saturated rings. The van der Waals surface area contributed by atoms with E-state index in [1.165, 1.54) is 4.88 Å². The lowest BCUT2D eigenvalue weighted by Gasteiger charge is -2.23. The van der Waals surface area contributed by atoms with Crippen molar-refractivity contribution in [2.45, 2.75) is 45.8 Å². The number of aryl methyl sites for hydroxylation is 2. The molecule has 1 heterocycles. The van der Waals surface area contributed by atoms with Gasteiger partial charge in [-0.05, 0) is 50.3 Å². The third-order valence-electron chi connectivity index (χ3n) is 3.86. The fraction of sp³-hybridized carbons (Fsp3) is 0.438. The number of nitrogens with zero attached hydrogens (tertiary/aromatic N) is 1. The van der Waals surface area contributed by atoms with Crippen molar-refractivity contribution in [3.8, 4) is 5.75 Å². The molecule has 1 unspecified atom stereocenters. The molecule has 0 aliphatic heterocycles. The van der Waals surface area contributed by atoms with Crippen LogP contribution >= 0.6 is 11.3 Å². The highest BCUT2D eigenvalue weighted by Crippen LogP contribution is 2.35. The zero-order valence-corrected chi connectivity index (χ0v) is 12.7. The largest absolute Gasteiger partial charge is 0.486 e. The Morgan fingerprint density at radius 3 is 3.00 bits per heavy atom. The van der Waals surface area contributed by atoms with Crippen LogP contribution in [0.1, 0.15) is 45.7 Å². The number of ether oxygens (including phenoxy) is 1. The van der Waals surface area contributed by atoms with E-state index in [-0.39, 0.29) is 6.10 Å². The molecule has 0 saturated heterocycles. The zero-order valence-electron chi connectivity index (χ0n) is 11.8. The van der Waals surface area contributed by atoms with E-state index < -0.39 is 0 Å². The van der Waals surface area contributed by atoms with Gasteiger partial charge in [-0.3, -0.25) is 0 Å². The highest BCUT2D eigenvalue weighted by molar-refractivity contribution is 7.11. The van der Waals surface area contributed by atoms with Crippen LogP contribution in [0.2, 0.25) is 0 Å². The zero-order chi connectivity index (χ0) is 14.1. The van der Waals surface area contributed by atoms with Gasteiger partial charge in [0.25, 0.3) is 0 Å². The van der Waals surface area contributed by atoms with Gasteiger partial charge in [-0.25, -0.2) is 4.98 Å². The van der Waals surface area contributed by atoms with Crippen molar-refractivity contribution < 1.29 is 9.84 Å². The predicted octanol–water partition coefficient (Wildman–Crippen LogP) is 3.71. The quantitative estimate of drug-likeness (QED) is 0.936. The van der Waals surface area contributed by atoms with Crippen LogP contribution in [0, 0.1) is 13.8 Å². The number of aliphatic hydroxyl groups is 1. The van der Waals surface area contributed by atoms with Crippen molar-refractivity contribution in [3.05, 3.63) is 44.9 Å². The van der Waals surface area contributed by atoms with Gasteiger partial charge in [0.15, 0.2) is 0 Å². The van der Waals surface area contributed by atoms with Crippen LogP contribution in [0.25, 0.3) is 0 Å². The SMILES string of the molecule is Cc1nc(COc2cccc3c2CCCC3O)sc1C. The van der Waals surface area contributed by atoms with Crippen LogP contribution in [0.5, 0.6) is 5.75 Å². The molecule has 0 amide bonds. The molecule has 1 atom stereocenters. The molecule has 1 aliphatic rings. The summed E-state index contributed by atoms with van der Waals surface area (Å²) in [6.45, 7) is 4.61. The summed E-state index contributed by atoms with van der Waals surface area (Å²) in [6, 6.07) is 5.95. The molecule has 0 radical (unpaired) electrons. The number of aliphatic hydroxyl groups excluding tert-OH is 1. The van der Waals surface area contributed by atoms with Gasteiger partial charge in [-0.1, -0.05) is 12.1 Å². The summed E-state index contributed by atoms with van der Waals surface area (Å²) >= 11 is 1.69. The number of thiazole rings is 1. The van der Waals surface area contributed by atoms with Gasteiger partial charge < -0.3 is 9.84 Å². The highest BCUT2D eigenvalue weighted by atomic mass is 32.1. The molecule has 0 spiro atoms. The second kappa shape index (κ2) is 5.54. The van der Waals surface area contributed by atoms with Gasteiger partial charge in [0.1, 0.15) is 17.4 Å². The molecule has 0 saturated carbocycles. The third kappa shape index (κ3) is 2.58. The maximum Gasteiger partial charge on any atom is 0.140 e. The van der Waals surface area contributed by atoms with Gasteiger partial charge in [-0.2, -0.15) is 0 Å². The van der Waals surface area contributed by atoms with E-state index in [2.05, 4.69) is 11.9 Å². The van der Waals surface area contributed by atoms with Gasteiger partial charge in [0, 0.05) is 4.88 Å². The van der Waals surface area contributed by atoms with Crippen LogP contribution in [-0.4, -0.2) is 10.1 Å². The third-order valence-corrected chi connectivity index (χ3v) is 4.90. The minimum absolute atomic E-state index is 0.341. The Bertz CT molecular complexity index is 601. The molecular formula is C16H19NO2S. The summed E-state index contributed by atoms with van der Waals surface area (Å²) < 4.78 is 5.94. The average molecular weight is 289 g/mol. The first-order valence-electron chi connectivity index (χ1n) is 7.00. The van der Waals surface area contributed by atoms with Gasteiger partial charge in [0.05, 0.1) is 11.8 Å². The maximum absolute atomic E-state index is 10.0. The van der Waals surface area contributed by atoms with E-state index in [9.17, 15) is 5.11 Å². The standard InChI is InChI=1S/C16H19NO2S/c1-10-11(2)20-16(17-10)9-19-15-8-4-5-12-13(15)6-3-7-14(12)18/h4-5,8,14,18H,3,6-7,9H2,1-2H3. The monoisotopic (exact) mass is 289 g/mol. The topological polar surface area (TPSA) is 42.4 Å². The Balaban J connectivity index is 1.79. The van der Waals surface area contributed by atoms with Gasteiger partial charge >= 0.3 is 0 Å². The Kier molecular flexibility index (Phi) is 3.76. The molecule has 2 aromatic rings. The fourth-order valence-corrected chi connectivity index (χ4v) is 3.51. The van der Waals surface area contributed by atoms with Crippen molar-refractivity contribution in [2.75, 3.05) is 0 Å². The number of hydrogen-bond donors (Lipinski definition) is 1. The van der Waals surface area contributed by atoms with E-state index in [0.717, 1.165) is 46.8 Å². The van der Waals surface area contributed by atoms with Crippen molar-refractivity contribution in [1.29, 1.82) is 0 Å². The van der Waals surface area contributed by atoms with Crippen LogP contribution in [0.4, 0.5) is 0 Å². The molecule has 1 aromatic carbocycles. The highest BCUT2D eigenvalue weighted by Gasteiger charge is 2.21. The number of hydrogen-bond acceptors (Lipinski definition) is 4.